The Hall–Kier alpha value is -1.64. The number of rotatable bonds is 3. The Balaban J connectivity index is 1.75. The monoisotopic (exact) mass is 482 g/mol. The summed E-state index contributed by atoms with van der Waals surface area (Å²) in [7, 11) is 0. The van der Waals surface area contributed by atoms with Crippen LogP contribution in [0, 0.1) is 0 Å². The molecule has 1 aromatic rings. The van der Waals surface area contributed by atoms with Crippen molar-refractivity contribution in [2.75, 3.05) is 39.4 Å². The van der Waals surface area contributed by atoms with Crippen molar-refractivity contribution < 1.29 is 24.2 Å². The Morgan fingerprint density at radius 2 is 1.87 bits per heavy atom. The first kappa shape index (κ1) is 23.0. The van der Waals surface area contributed by atoms with Gasteiger partial charge in [-0.1, -0.05) is 28.1 Å². The first-order chi connectivity index (χ1) is 14.1. The normalized spacial score (nSPS) is 23.8. The molecule has 166 valence electrons. The Morgan fingerprint density at radius 1 is 1.20 bits per heavy atom. The number of piperazine rings is 1. The molecule has 0 saturated carbocycles. The topological polar surface area (TPSA) is 79.3 Å². The Labute approximate surface area is 186 Å². The second kappa shape index (κ2) is 9.24. The molecular formula is C22H31BrN2O5. The fraction of sp³-hybridized carbons (Fsp3) is 0.636. The summed E-state index contributed by atoms with van der Waals surface area (Å²) < 4.78 is 11.8. The summed E-state index contributed by atoms with van der Waals surface area (Å²) in [6.45, 7) is 7.84. The third-order valence-electron chi connectivity index (χ3n) is 5.46. The SMILES string of the molecule is CC(C)(C)OC(=O)N1CCN(C(=O)C(c2cccc(Br)c2)C2(O)CCCOC2)CC1. The van der Waals surface area contributed by atoms with Gasteiger partial charge >= 0.3 is 6.09 Å². The van der Waals surface area contributed by atoms with Gasteiger partial charge in [0.1, 0.15) is 11.2 Å². The lowest BCUT2D eigenvalue weighted by molar-refractivity contribution is -0.151. The van der Waals surface area contributed by atoms with E-state index in [1.54, 1.807) is 9.80 Å². The number of amides is 2. The van der Waals surface area contributed by atoms with Crippen LogP contribution in [0.15, 0.2) is 28.7 Å². The number of carbonyl (C=O) groups excluding carboxylic acids is 2. The summed E-state index contributed by atoms with van der Waals surface area (Å²) in [5, 5.41) is 11.4. The Morgan fingerprint density at radius 3 is 2.43 bits per heavy atom. The third kappa shape index (κ3) is 5.53. The van der Waals surface area contributed by atoms with Crippen LogP contribution >= 0.6 is 15.9 Å². The second-order valence-electron chi connectivity index (χ2n) is 9.04. The van der Waals surface area contributed by atoms with E-state index in [0.29, 0.717) is 45.6 Å². The zero-order valence-corrected chi connectivity index (χ0v) is 19.5. The molecular weight excluding hydrogens is 452 g/mol. The van der Waals surface area contributed by atoms with E-state index in [2.05, 4.69) is 15.9 Å². The number of hydrogen-bond donors (Lipinski definition) is 1. The van der Waals surface area contributed by atoms with Crippen LogP contribution in [0.2, 0.25) is 0 Å². The van der Waals surface area contributed by atoms with Crippen molar-refractivity contribution >= 4 is 27.9 Å². The van der Waals surface area contributed by atoms with E-state index < -0.39 is 17.1 Å². The lowest BCUT2D eigenvalue weighted by atomic mass is 9.77. The van der Waals surface area contributed by atoms with Crippen molar-refractivity contribution in [2.45, 2.75) is 50.7 Å². The molecule has 0 radical (unpaired) electrons. The van der Waals surface area contributed by atoms with E-state index in [-0.39, 0.29) is 18.6 Å². The van der Waals surface area contributed by atoms with Gasteiger partial charge in [0.2, 0.25) is 5.91 Å². The molecule has 7 nitrogen and oxygen atoms in total. The Bertz CT molecular complexity index is 765. The molecule has 2 amide bonds. The number of hydrogen-bond acceptors (Lipinski definition) is 5. The minimum atomic E-state index is -1.25. The highest BCUT2D eigenvalue weighted by molar-refractivity contribution is 9.10. The molecule has 0 aromatic heterocycles. The van der Waals surface area contributed by atoms with Crippen LogP contribution in [0.5, 0.6) is 0 Å². The highest BCUT2D eigenvalue weighted by atomic mass is 79.9. The van der Waals surface area contributed by atoms with Crippen LogP contribution in [0.25, 0.3) is 0 Å². The maximum atomic E-state index is 13.6. The first-order valence-corrected chi connectivity index (χ1v) is 11.2. The summed E-state index contributed by atoms with van der Waals surface area (Å²) in [5.74, 6) is -0.853. The molecule has 2 heterocycles. The summed E-state index contributed by atoms with van der Waals surface area (Å²) in [4.78, 5) is 29.3. The van der Waals surface area contributed by atoms with Gasteiger partial charge in [-0.15, -0.1) is 0 Å². The highest BCUT2D eigenvalue weighted by Gasteiger charge is 2.46. The van der Waals surface area contributed by atoms with Crippen LogP contribution in [0.4, 0.5) is 4.79 Å². The fourth-order valence-electron chi connectivity index (χ4n) is 4.02. The van der Waals surface area contributed by atoms with Gasteiger partial charge in [-0.2, -0.15) is 0 Å². The molecule has 0 spiro atoms. The molecule has 2 aliphatic rings. The van der Waals surface area contributed by atoms with Gasteiger partial charge in [0.25, 0.3) is 0 Å². The van der Waals surface area contributed by atoms with Gasteiger partial charge in [0, 0.05) is 37.3 Å². The van der Waals surface area contributed by atoms with Gasteiger partial charge in [-0.05, 0) is 51.3 Å². The van der Waals surface area contributed by atoms with Crippen LogP contribution in [-0.4, -0.2) is 77.5 Å². The maximum Gasteiger partial charge on any atom is 0.410 e. The summed E-state index contributed by atoms with van der Waals surface area (Å²) in [5.41, 5.74) is -1.05. The molecule has 0 bridgehead atoms. The van der Waals surface area contributed by atoms with Crippen molar-refractivity contribution in [2.24, 2.45) is 0 Å². The zero-order chi connectivity index (χ0) is 21.9. The summed E-state index contributed by atoms with van der Waals surface area (Å²) in [6, 6.07) is 7.52. The molecule has 2 unspecified atom stereocenters. The molecule has 0 aliphatic carbocycles. The van der Waals surface area contributed by atoms with E-state index >= 15 is 0 Å². The van der Waals surface area contributed by atoms with Crippen molar-refractivity contribution in [1.82, 2.24) is 9.80 Å². The molecule has 1 N–H and O–H groups in total. The van der Waals surface area contributed by atoms with E-state index in [1.807, 2.05) is 45.0 Å². The van der Waals surface area contributed by atoms with Crippen LogP contribution in [-0.2, 0) is 14.3 Å². The molecule has 1 aromatic carbocycles. The predicted molar refractivity (Wildman–Crippen MR) is 116 cm³/mol. The number of ether oxygens (including phenoxy) is 2. The van der Waals surface area contributed by atoms with Crippen LogP contribution in [0.3, 0.4) is 0 Å². The van der Waals surface area contributed by atoms with E-state index in [9.17, 15) is 14.7 Å². The molecule has 2 fully saturated rings. The van der Waals surface area contributed by atoms with Crippen LogP contribution in [0.1, 0.15) is 45.1 Å². The van der Waals surface area contributed by atoms with Crippen molar-refractivity contribution in [3.63, 3.8) is 0 Å². The number of nitrogens with zero attached hydrogens (tertiary/aromatic N) is 2. The average molecular weight is 483 g/mol. The lowest BCUT2D eigenvalue weighted by Gasteiger charge is -2.42. The van der Waals surface area contributed by atoms with Crippen LogP contribution < -0.4 is 0 Å². The number of aliphatic hydroxyl groups is 1. The minimum Gasteiger partial charge on any atom is -0.444 e. The van der Waals surface area contributed by atoms with Gasteiger partial charge in [0.05, 0.1) is 12.5 Å². The number of carbonyl (C=O) groups is 2. The zero-order valence-electron chi connectivity index (χ0n) is 17.9. The molecule has 2 aliphatic heterocycles. The van der Waals surface area contributed by atoms with Gasteiger partial charge in [-0.3, -0.25) is 4.79 Å². The van der Waals surface area contributed by atoms with Gasteiger partial charge < -0.3 is 24.4 Å². The molecule has 2 atom stereocenters. The quantitative estimate of drug-likeness (QED) is 0.715. The summed E-state index contributed by atoms with van der Waals surface area (Å²) >= 11 is 3.47. The fourth-order valence-corrected chi connectivity index (χ4v) is 4.43. The van der Waals surface area contributed by atoms with Crippen molar-refractivity contribution in [3.8, 4) is 0 Å². The highest BCUT2D eigenvalue weighted by Crippen LogP contribution is 2.37. The molecule has 2 saturated heterocycles. The average Bonchev–Trinajstić information content (AvgIpc) is 2.67. The first-order valence-electron chi connectivity index (χ1n) is 10.4. The minimum absolute atomic E-state index is 0.133. The molecule has 8 heteroatoms. The number of benzene rings is 1. The number of halogens is 1. The van der Waals surface area contributed by atoms with Crippen molar-refractivity contribution in [1.29, 1.82) is 0 Å². The predicted octanol–water partition coefficient (Wildman–Crippen LogP) is 3.15. The molecule has 3 rings (SSSR count). The van der Waals surface area contributed by atoms with Gasteiger partial charge in [0.15, 0.2) is 0 Å². The van der Waals surface area contributed by atoms with E-state index in [4.69, 9.17) is 9.47 Å². The lowest BCUT2D eigenvalue weighted by Crippen LogP contribution is -2.56. The second-order valence-corrected chi connectivity index (χ2v) is 9.96. The van der Waals surface area contributed by atoms with Gasteiger partial charge in [-0.25, -0.2) is 4.79 Å². The van der Waals surface area contributed by atoms with E-state index in [1.165, 1.54) is 0 Å². The van der Waals surface area contributed by atoms with E-state index in [0.717, 1.165) is 10.0 Å². The Kier molecular flexibility index (Phi) is 7.09. The smallest absolute Gasteiger partial charge is 0.410 e. The summed E-state index contributed by atoms with van der Waals surface area (Å²) in [6.07, 6.45) is 0.853. The molecule has 30 heavy (non-hydrogen) atoms. The standard InChI is InChI=1S/C22H31BrN2O5/c1-21(2,3)30-20(27)25-11-9-24(10-12-25)19(26)18(16-6-4-7-17(23)14-16)22(28)8-5-13-29-15-22/h4,6-7,14,18,28H,5,8-13,15H2,1-3H3. The maximum absolute atomic E-state index is 13.6. The van der Waals surface area contributed by atoms with Crippen molar-refractivity contribution in [3.05, 3.63) is 34.3 Å². The largest absolute Gasteiger partial charge is 0.444 e. The third-order valence-corrected chi connectivity index (χ3v) is 5.95.